The van der Waals surface area contributed by atoms with Crippen molar-refractivity contribution in [3.8, 4) is 5.75 Å². The molecule has 0 fully saturated rings. The molecule has 0 spiro atoms. The SMILES string of the molecule is COc1ccc(C(O)CCO)c(F)c1F. The molecule has 0 radical (unpaired) electrons. The van der Waals surface area contributed by atoms with Crippen LogP contribution in [0.5, 0.6) is 5.75 Å². The topological polar surface area (TPSA) is 49.7 Å². The minimum Gasteiger partial charge on any atom is -0.494 e. The molecule has 0 aromatic heterocycles. The Morgan fingerprint density at radius 1 is 1.33 bits per heavy atom. The molecule has 5 heteroatoms. The van der Waals surface area contributed by atoms with Crippen LogP contribution in [-0.4, -0.2) is 23.9 Å². The van der Waals surface area contributed by atoms with E-state index in [1.165, 1.54) is 19.2 Å². The highest BCUT2D eigenvalue weighted by Crippen LogP contribution is 2.27. The first-order valence-corrected chi connectivity index (χ1v) is 4.42. The maximum Gasteiger partial charge on any atom is 0.200 e. The zero-order valence-electron chi connectivity index (χ0n) is 8.20. The molecule has 3 nitrogen and oxygen atoms in total. The van der Waals surface area contributed by atoms with E-state index in [9.17, 15) is 13.9 Å². The molecule has 1 rings (SSSR count). The number of aliphatic hydroxyl groups is 2. The molecule has 1 aromatic carbocycles. The van der Waals surface area contributed by atoms with Crippen LogP contribution in [0, 0.1) is 11.6 Å². The summed E-state index contributed by atoms with van der Waals surface area (Å²) in [4.78, 5) is 0. The number of hydrogen-bond acceptors (Lipinski definition) is 3. The Balaban J connectivity index is 3.06. The van der Waals surface area contributed by atoms with E-state index < -0.39 is 17.7 Å². The molecule has 1 aromatic rings. The van der Waals surface area contributed by atoms with Crippen molar-refractivity contribution in [3.05, 3.63) is 29.3 Å². The fourth-order valence-electron chi connectivity index (χ4n) is 1.24. The maximum absolute atomic E-state index is 13.3. The third kappa shape index (κ3) is 2.43. The van der Waals surface area contributed by atoms with Crippen molar-refractivity contribution in [3.63, 3.8) is 0 Å². The summed E-state index contributed by atoms with van der Waals surface area (Å²) in [5, 5.41) is 17.9. The number of rotatable bonds is 4. The van der Waals surface area contributed by atoms with Gasteiger partial charge in [0.15, 0.2) is 11.6 Å². The van der Waals surface area contributed by atoms with Gasteiger partial charge in [0.05, 0.1) is 13.2 Å². The highest BCUT2D eigenvalue weighted by Gasteiger charge is 2.18. The van der Waals surface area contributed by atoms with Gasteiger partial charge in [-0.1, -0.05) is 0 Å². The molecule has 1 unspecified atom stereocenters. The molecule has 84 valence electrons. The number of aliphatic hydroxyl groups excluding tert-OH is 2. The third-order valence-electron chi connectivity index (χ3n) is 2.06. The van der Waals surface area contributed by atoms with Crippen molar-refractivity contribution >= 4 is 0 Å². The van der Waals surface area contributed by atoms with E-state index in [0.717, 1.165) is 0 Å². The second-order valence-electron chi connectivity index (χ2n) is 3.01. The minimum atomic E-state index is -1.21. The van der Waals surface area contributed by atoms with Gasteiger partial charge >= 0.3 is 0 Å². The summed E-state index contributed by atoms with van der Waals surface area (Å²) >= 11 is 0. The van der Waals surface area contributed by atoms with Crippen LogP contribution in [0.15, 0.2) is 12.1 Å². The lowest BCUT2D eigenvalue weighted by molar-refractivity contribution is 0.130. The van der Waals surface area contributed by atoms with E-state index in [0.29, 0.717) is 0 Å². The van der Waals surface area contributed by atoms with Crippen molar-refractivity contribution in [1.82, 2.24) is 0 Å². The zero-order valence-corrected chi connectivity index (χ0v) is 8.20. The number of benzene rings is 1. The molecule has 2 N–H and O–H groups in total. The average molecular weight is 218 g/mol. The summed E-state index contributed by atoms with van der Waals surface area (Å²) < 4.78 is 31.1. The van der Waals surface area contributed by atoms with Gasteiger partial charge in [-0.3, -0.25) is 0 Å². The van der Waals surface area contributed by atoms with E-state index in [1.807, 2.05) is 0 Å². The Morgan fingerprint density at radius 2 is 2.00 bits per heavy atom. The number of halogens is 2. The van der Waals surface area contributed by atoms with Crippen LogP contribution in [0.1, 0.15) is 18.1 Å². The Bertz CT molecular complexity index is 342. The smallest absolute Gasteiger partial charge is 0.200 e. The van der Waals surface area contributed by atoms with Crippen molar-refractivity contribution < 1.29 is 23.7 Å². The Labute approximate surface area is 85.9 Å². The molecule has 0 aliphatic carbocycles. The summed E-state index contributed by atoms with van der Waals surface area (Å²) in [6.45, 7) is -0.297. The lowest BCUT2D eigenvalue weighted by Crippen LogP contribution is -2.05. The lowest BCUT2D eigenvalue weighted by Gasteiger charge is -2.12. The molecule has 0 saturated carbocycles. The number of ether oxygens (including phenoxy) is 1. The summed E-state index contributed by atoms with van der Waals surface area (Å²) in [5.41, 5.74) is -0.178. The van der Waals surface area contributed by atoms with Gasteiger partial charge in [-0.25, -0.2) is 4.39 Å². The molecule has 0 amide bonds. The first-order valence-electron chi connectivity index (χ1n) is 4.42. The maximum atomic E-state index is 13.3. The summed E-state index contributed by atoms with van der Waals surface area (Å²) in [6, 6.07) is 2.46. The second-order valence-corrected chi connectivity index (χ2v) is 3.01. The van der Waals surface area contributed by atoms with E-state index in [1.54, 1.807) is 0 Å². The summed E-state index contributed by atoms with van der Waals surface area (Å²) in [6.07, 6.45) is -1.25. The Kier molecular flexibility index (Phi) is 3.99. The highest BCUT2D eigenvalue weighted by molar-refractivity contribution is 5.32. The van der Waals surface area contributed by atoms with E-state index in [2.05, 4.69) is 4.74 Å². The van der Waals surface area contributed by atoms with Crippen LogP contribution in [-0.2, 0) is 0 Å². The van der Waals surface area contributed by atoms with Crippen LogP contribution in [0.2, 0.25) is 0 Å². The van der Waals surface area contributed by atoms with Crippen molar-refractivity contribution in [2.75, 3.05) is 13.7 Å². The normalized spacial score (nSPS) is 12.6. The molecule has 1 atom stereocenters. The predicted octanol–water partition coefficient (Wildman–Crippen LogP) is 1.39. The van der Waals surface area contributed by atoms with Crippen LogP contribution in [0.4, 0.5) is 8.78 Å². The number of methoxy groups -OCH3 is 1. The van der Waals surface area contributed by atoms with E-state index in [-0.39, 0.29) is 24.3 Å². The molecule has 0 aliphatic rings. The molecule has 15 heavy (non-hydrogen) atoms. The predicted molar refractivity (Wildman–Crippen MR) is 49.6 cm³/mol. The zero-order chi connectivity index (χ0) is 11.4. The molecular formula is C10H12F2O3. The molecule has 0 saturated heterocycles. The lowest BCUT2D eigenvalue weighted by atomic mass is 10.1. The van der Waals surface area contributed by atoms with E-state index >= 15 is 0 Å². The molecular weight excluding hydrogens is 206 g/mol. The Morgan fingerprint density at radius 3 is 2.53 bits per heavy atom. The monoisotopic (exact) mass is 218 g/mol. The summed E-state index contributed by atoms with van der Waals surface area (Å²) in [7, 11) is 1.22. The standard InChI is InChI=1S/C10H12F2O3/c1-15-8-3-2-6(7(14)4-5-13)9(11)10(8)12/h2-3,7,13-14H,4-5H2,1H3. The summed E-state index contributed by atoms with van der Waals surface area (Å²) in [5.74, 6) is -2.49. The van der Waals surface area contributed by atoms with Gasteiger partial charge in [0.25, 0.3) is 0 Å². The second kappa shape index (κ2) is 5.04. The van der Waals surface area contributed by atoms with Crippen LogP contribution < -0.4 is 4.74 Å². The highest BCUT2D eigenvalue weighted by atomic mass is 19.2. The van der Waals surface area contributed by atoms with Crippen molar-refractivity contribution in [2.45, 2.75) is 12.5 Å². The van der Waals surface area contributed by atoms with Gasteiger partial charge < -0.3 is 14.9 Å². The molecule has 0 heterocycles. The molecule has 0 bridgehead atoms. The fourth-order valence-corrected chi connectivity index (χ4v) is 1.24. The van der Waals surface area contributed by atoms with Gasteiger partial charge in [-0.15, -0.1) is 0 Å². The Hall–Kier alpha value is -1.20. The van der Waals surface area contributed by atoms with Crippen LogP contribution in [0.3, 0.4) is 0 Å². The average Bonchev–Trinajstić information content (AvgIpc) is 2.22. The number of hydrogen-bond donors (Lipinski definition) is 2. The van der Waals surface area contributed by atoms with E-state index in [4.69, 9.17) is 5.11 Å². The van der Waals surface area contributed by atoms with Gasteiger partial charge in [0.1, 0.15) is 0 Å². The van der Waals surface area contributed by atoms with Crippen LogP contribution in [0.25, 0.3) is 0 Å². The van der Waals surface area contributed by atoms with Gasteiger partial charge in [-0.05, 0) is 12.1 Å². The molecule has 0 aliphatic heterocycles. The van der Waals surface area contributed by atoms with Gasteiger partial charge in [0, 0.05) is 18.6 Å². The minimum absolute atomic E-state index is 0.0390. The third-order valence-corrected chi connectivity index (χ3v) is 2.06. The first-order chi connectivity index (χ1) is 7.11. The largest absolute Gasteiger partial charge is 0.494 e. The van der Waals surface area contributed by atoms with Gasteiger partial charge in [-0.2, -0.15) is 4.39 Å². The first kappa shape index (κ1) is 11.9. The van der Waals surface area contributed by atoms with Crippen molar-refractivity contribution in [1.29, 1.82) is 0 Å². The van der Waals surface area contributed by atoms with Gasteiger partial charge in [0.2, 0.25) is 5.82 Å². The fraction of sp³-hybridized carbons (Fsp3) is 0.400. The van der Waals surface area contributed by atoms with Crippen molar-refractivity contribution in [2.24, 2.45) is 0 Å². The van der Waals surface area contributed by atoms with Crippen LogP contribution >= 0.6 is 0 Å². The quantitative estimate of drug-likeness (QED) is 0.802.